The zero-order valence-corrected chi connectivity index (χ0v) is 15.2. The smallest absolute Gasteiger partial charge is 0.227 e. The van der Waals surface area contributed by atoms with E-state index in [4.69, 9.17) is 10.5 Å². The number of amides is 1. The lowest BCUT2D eigenvalue weighted by Crippen LogP contribution is -2.51. The second kappa shape index (κ2) is 8.43. The first-order valence-electron chi connectivity index (χ1n) is 9.03. The maximum absolute atomic E-state index is 12.7. The molecule has 3 rings (SSSR count). The molecule has 0 radical (unpaired) electrons. The van der Waals surface area contributed by atoms with Gasteiger partial charge in [0.1, 0.15) is 0 Å². The van der Waals surface area contributed by atoms with Crippen molar-refractivity contribution >= 4 is 17.2 Å². The molecule has 1 aromatic rings. The quantitative estimate of drug-likeness (QED) is 0.820. The molecule has 1 amide bonds. The predicted octanol–water partition coefficient (Wildman–Crippen LogP) is 1.83. The third kappa shape index (κ3) is 4.36. The van der Waals surface area contributed by atoms with Gasteiger partial charge in [-0.05, 0) is 49.6 Å². The van der Waals surface area contributed by atoms with Crippen LogP contribution in [0.15, 0.2) is 17.5 Å². The van der Waals surface area contributed by atoms with Crippen molar-refractivity contribution in [2.45, 2.75) is 32.2 Å². The fraction of sp³-hybridized carbons (Fsp3) is 0.722. The Bertz CT molecular complexity index is 514. The molecule has 3 heterocycles. The highest BCUT2D eigenvalue weighted by Gasteiger charge is 2.38. The average Bonchev–Trinajstić information content (AvgIpc) is 3.13. The van der Waals surface area contributed by atoms with Crippen LogP contribution < -0.4 is 11.1 Å². The third-order valence-corrected chi connectivity index (χ3v) is 6.30. The molecule has 2 saturated heterocycles. The van der Waals surface area contributed by atoms with Gasteiger partial charge >= 0.3 is 0 Å². The minimum atomic E-state index is -0.413. The van der Waals surface area contributed by atoms with E-state index >= 15 is 0 Å². The number of thiophene rings is 1. The first-order chi connectivity index (χ1) is 11.7. The number of piperidine rings is 1. The summed E-state index contributed by atoms with van der Waals surface area (Å²) < 4.78 is 5.39. The van der Waals surface area contributed by atoms with Gasteiger partial charge in [0.05, 0.1) is 5.41 Å². The van der Waals surface area contributed by atoms with Crippen LogP contribution in [0.2, 0.25) is 0 Å². The zero-order valence-electron chi connectivity index (χ0n) is 14.3. The van der Waals surface area contributed by atoms with Gasteiger partial charge in [0.25, 0.3) is 0 Å². The molecule has 0 aliphatic carbocycles. The number of hydrogen-bond acceptors (Lipinski definition) is 5. The lowest BCUT2D eigenvalue weighted by molar-refractivity contribution is -0.136. The molecule has 1 atom stereocenters. The summed E-state index contributed by atoms with van der Waals surface area (Å²) in [6.07, 6.45) is 3.89. The largest absolute Gasteiger partial charge is 0.381 e. The highest BCUT2D eigenvalue weighted by atomic mass is 32.1. The van der Waals surface area contributed by atoms with Crippen molar-refractivity contribution in [3.63, 3.8) is 0 Å². The van der Waals surface area contributed by atoms with Crippen LogP contribution in [0.5, 0.6) is 0 Å². The summed E-state index contributed by atoms with van der Waals surface area (Å²) in [5, 5.41) is 5.33. The van der Waals surface area contributed by atoms with Crippen molar-refractivity contribution in [2.24, 2.45) is 17.1 Å². The Morgan fingerprint density at radius 1 is 1.46 bits per heavy atom. The molecule has 6 heteroatoms. The van der Waals surface area contributed by atoms with Gasteiger partial charge in [-0.25, -0.2) is 0 Å². The zero-order chi connectivity index (χ0) is 16.8. The maximum atomic E-state index is 12.7. The Balaban J connectivity index is 1.47. The van der Waals surface area contributed by atoms with Crippen molar-refractivity contribution in [1.29, 1.82) is 0 Å². The van der Waals surface area contributed by atoms with Gasteiger partial charge in [0.2, 0.25) is 5.91 Å². The van der Waals surface area contributed by atoms with Crippen LogP contribution in [0.1, 0.15) is 30.6 Å². The van der Waals surface area contributed by atoms with E-state index in [-0.39, 0.29) is 5.91 Å². The van der Waals surface area contributed by atoms with Crippen molar-refractivity contribution in [2.75, 3.05) is 39.4 Å². The highest BCUT2D eigenvalue weighted by molar-refractivity contribution is 7.09. The molecular weight excluding hydrogens is 322 g/mol. The average molecular weight is 352 g/mol. The standard InChI is InChI=1S/C18H29N3O2S/c19-14-18(5-8-23-9-6-18)17(22)20-11-15-3-1-7-21(12-15)13-16-4-2-10-24-16/h2,4,10,15H,1,3,5-9,11-14,19H2,(H,20,22). The molecule has 24 heavy (non-hydrogen) atoms. The van der Waals surface area contributed by atoms with Gasteiger partial charge in [-0.2, -0.15) is 0 Å². The molecule has 0 saturated carbocycles. The normalized spacial score (nSPS) is 24.6. The number of nitrogens with zero attached hydrogens (tertiary/aromatic N) is 1. The fourth-order valence-electron chi connectivity index (χ4n) is 3.79. The van der Waals surface area contributed by atoms with E-state index in [9.17, 15) is 4.79 Å². The summed E-state index contributed by atoms with van der Waals surface area (Å²) in [6.45, 7) is 5.72. The Hall–Kier alpha value is -0.950. The molecular formula is C18H29N3O2S. The summed E-state index contributed by atoms with van der Waals surface area (Å²) in [5.41, 5.74) is 5.51. The van der Waals surface area contributed by atoms with E-state index in [2.05, 4.69) is 27.7 Å². The Morgan fingerprint density at radius 2 is 2.29 bits per heavy atom. The lowest BCUT2D eigenvalue weighted by Gasteiger charge is -2.36. The van der Waals surface area contributed by atoms with Gasteiger partial charge in [-0.15, -0.1) is 11.3 Å². The second-order valence-electron chi connectivity index (χ2n) is 7.13. The maximum Gasteiger partial charge on any atom is 0.227 e. The van der Waals surface area contributed by atoms with Crippen LogP contribution in [0, 0.1) is 11.3 Å². The number of ether oxygens (including phenoxy) is 1. The van der Waals surface area contributed by atoms with Gasteiger partial charge in [-0.1, -0.05) is 6.07 Å². The minimum Gasteiger partial charge on any atom is -0.381 e. The SMILES string of the molecule is NCC1(C(=O)NCC2CCCN(Cc3cccs3)C2)CCOCC1. The second-order valence-corrected chi connectivity index (χ2v) is 8.16. The van der Waals surface area contributed by atoms with Crippen molar-refractivity contribution in [3.8, 4) is 0 Å². The Kier molecular flexibility index (Phi) is 6.27. The lowest BCUT2D eigenvalue weighted by atomic mass is 9.79. The Labute approximate surface area is 148 Å². The molecule has 0 bridgehead atoms. The number of nitrogens with two attached hydrogens (primary N) is 1. The molecule has 2 fully saturated rings. The third-order valence-electron chi connectivity index (χ3n) is 5.44. The van der Waals surface area contributed by atoms with Crippen molar-refractivity contribution < 1.29 is 9.53 Å². The van der Waals surface area contributed by atoms with Gasteiger partial charge in [-0.3, -0.25) is 9.69 Å². The number of hydrogen-bond donors (Lipinski definition) is 2. The summed E-state index contributed by atoms with van der Waals surface area (Å²) in [4.78, 5) is 16.6. The van der Waals surface area contributed by atoms with E-state index in [1.54, 1.807) is 0 Å². The summed E-state index contributed by atoms with van der Waals surface area (Å²) >= 11 is 1.82. The monoisotopic (exact) mass is 351 g/mol. The molecule has 2 aliphatic rings. The van der Waals surface area contributed by atoms with E-state index in [1.165, 1.54) is 17.7 Å². The first kappa shape index (κ1) is 17.9. The molecule has 2 aliphatic heterocycles. The topological polar surface area (TPSA) is 67.6 Å². The van der Waals surface area contributed by atoms with Crippen LogP contribution in [0.25, 0.3) is 0 Å². The fourth-order valence-corrected chi connectivity index (χ4v) is 4.54. The molecule has 0 spiro atoms. The highest BCUT2D eigenvalue weighted by Crippen LogP contribution is 2.29. The number of carbonyl (C=O) groups excluding carboxylic acids is 1. The van der Waals surface area contributed by atoms with Crippen molar-refractivity contribution in [1.82, 2.24) is 10.2 Å². The molecule has 0 aromatic carbocycles. The van der Waals surface area contributed by atoms with Crippen LogP contribution >= 0.6 is 11.3 Å². The van der Waals surface area contributed by atoms with E-state index in [0.29, 0.717) is 25.7 Å². The number of likely N-dealkylation sites (tertiary alicyclic amines) is 1. The Morgan fingerprint density at radius 3 is 3.00 bits per heavy atom. The van der Waals surface area contributed by atoms with Crippen LogP contribution in [-0.4, -0.2) is 50.2 Å². The van der Waals surface area contributed by atoms with Crippen molar-refractivity contribution in [3.05, 3.63) is 22.4 Å². The number of rotatable bonds is 6. The molecule has 1 aromatic heterocycles. The van der Waals surface area contributed by atoms with Crippen LogP contribution in [-0.2, 0) is 16.1 Å². The van der Waals surface area contributed by atoms with Gasteiger partial charge in [0, 0.05) is 44.3 Å². The van der Waals surface area contributed by atoms with E-state index in [0.717, 1.165) is 39.0 Å². The first-order valence-corrected chi connectivity index (χ1v) is 9.91. The predicted molar refractivity (Wildman–Crippen MR) is 96.9 cm³/mol. The number of nitrogens with one attached hydrogen (secondary N) is 1. The van der Waals surface area contributed by atoms with Gasteiger partial charge in [0.15, 0.2) is 0 Å². The summed E-state index contributed by atoms with van der Waals surface area (Å²) in [5.74, 6) is 0.668. The van der Waals surface area contributed by atoms with Crippen LogP contribution in [0.4, 0.5) is 0 Å². The number of carbonyl (C=O) groups is 1. The molecule has 134 valence electrons. The minimum absolute atomic E-state index is 0.128. The van der Waals surface area contributed by atoms with E-state index < -0.39 is 5.41 Å². The van der Waals surface area contributed by atoms with Gasteiger partial charge < -0.3 is 15.8 Å². The molecule has 5 nitrogen and oxygen atoms in total. The summed E-state index contributed by atoms with van der Waals surface area (Å²) in [6, 6.07) is 4.31. The molecule has 1 unspecified atom stereocenters. The van der Waals surface area contributed by atoms with Crippen LogP contribution in [0.3, 0.4) is 0 Å². The van der Waals surface area contributed by atoms with E-state index in [1.807, 2.05) is 11.3 Å². The summed E-state index contributed by atoms with van der Waals surface area (Å²) in [7, 11) is 0. The molecule has 3 N–H and O–H groups in total.